The summed E-state index contributed by atoms with van der Waals surface area (Å²) in [6, 6.07) is 9.28. The third-order valence-corrected chi connectivity index (χ3v) is 5.66. The molecule has 1 aromatic heterocycles. The highest BCUT2D eigenvalue weighted by Crippen LogP contribution is 2.31. The largest absolute Gasteiger partial charge is 0.497 e. The lowest BCUT2D eigenvalue weighted by molar-refractivity contribution is 0.374. The molecule has 1 heterocycles. The number of sulfonamides is 1. The Balaban J connectivity index is 1.76. The SMILES string of the molecule is COc1ccc(-c2noc(CNS(=O)(=O)c3ccc(OC)c(Cl)c3)n2)c(OC)c1. The fraction of sp³-hybridized carbons (Fsp3) is 0.222. The number of benzene rings is 2. The van der Waals surface area contributed by atoms with Crippen LogP contribution in [0.5, 0.6) is 17.2 Å². The van der Waals surface area contributed by atoms with E-state index < -0.39 is 10.0 Å². The van der Waals surface area contributed by atoms with Gasteiger partial charge in [0.25, 0.3) is 0 Å². The zero-order chi connectivity index (χ0) is 21.0. The maximum absolute atomic E-state index is 12.5. The van der Waals surface area contributed by atoms with Crippen LogP contribution in [0.3, 0.4) is 0 Å². The van der Waals surface area contributed by atoms with Gasteiger partial charge in [0.15, 0.2) is 0 Å². The van der Waals surface area contributed by atoms with Gasteiger partial charge in [-0.2, -0.15) is 4.98 Å². The smallest absolute Gasteiger partial charge is 0.242 e. The number of nitrogens with one attached hydrogen (secondary N) is 1. The van der Waals surface area contributed by atoms with Crippen LogP contribution in [0.1, 0.15) is 5.89 Å². The van der Waals surface area contributed by atoms with Crippen LogP contribution >= 0.6 is 11.6 Å². The summed E-state index contributed by atoms with van der Waals surface area (Å²) in [5, 5.41) is 4.06. The van der Waals surface area contributed by atoms with Gasteiger partial charge in [0.1, 0.15) is 17.2 Å². The average Bonchev–Trinajstić information content (AvgIpc) is 3.20. The summed E-state index contributed by atoms with van der Waals surface area (Å²) in [5.41, 5.74) is 0.577. The molecule has 2 aromatic carbocycles. The predicted octanol–water partition coefficient (Wildman–Crippen LogP) is 2.89. The Labute approximate surface area is 172 Å². The van der Waals surface area contributed by atoms with E-state index in [1.807, 2.05) is 0 Å². The number of rotatable bonds is 8. The maximum atomic E-state index is 12.5. The van der Waals surface area contributed by atoms with Crippen molar-refractivity contribution in [3.63, 3.8) is 0 Å². The van der Waals surface area contributed by atoms with Crippen molar-refractivity contribution in [2.24, 2.45) is 0 Å². The second kappa shape index (κ2) is 8.68. The number of methoxy groups -OCH3 is 3. The second-order valence-corrected chi connectivity index (χ2v) is 7.87. The van der Waals surface area contributed by atoms with Gasteiger partial charge in [-0.25, -0.2) is 13.1 Å². The van der Waals surface area contributed by atoms with E-state index in [0.717, 1.165) is 0 Å². The van der Waals surface area contributed by atoms with Gasteiger partial charge in [-0.3, -0.25) is 0 Å². The number of aromatic nitrogens is 2. The minimum atomic E-state index is -3.84. The van der Waals surface area contributed by atoms with Gasteiger partial charge in [0.2, 0.25) is 21.7 Å². The molecule has 0 bridgehead atoms. The molecule has 0 atom stereocenters. The molecule has 0 radical (unpaired) electrons. The van der Waals surface area contributed by atoms with E-state index in [4.69, 9.17) is 30.3 Å². The van der Waals surface area contributed by atoms with Crippen molar-refractivity contribution in [1.82, 2.24) is 14.9 Å². The zero-order valence-corrected chi connectivity index (χ0v) is 17.4. The predicted molar refractivity (Wildman–Crippen MR) is 105 cm³/mol. The minimum absolute atomic E-state index is 0.0140. The van der Waals surface area contributed by atoms with Crippen molar-refractivity contribution in [1.29, 1.82) is 0 Å². The van der Waals surface area contributed by atoms with Gasteiger partial charge in [-0.15, -0.1) is 0 Å². The summed E-state index contributed by atoms with van der Waals surface area (Å²) in [6.07, 6.45) is 0. The van der Waals surface area contributed by atoms with E-state index in [-0.39, 0.29) is 28.2 Å². The van der Waals surface area contributed by atoms with Crippen LogP contribution < -0.4 is 18.9 Å². The number of nitrogens with zero attached hydrogens (tertiary/aromatic N) is 2. The molecule has 1 N–H and O–H groups in total. The fourth-order valence-electron chi connectivity index (χ4n) is 2.47. The molecule has 11 heteroatoms. The number of hydrogen-bond donors (Lipinski definition) is 1. The first kappa shape index (κ1) is 20.9. The third kappa shape index (κ3) is 4.61. The van der Waals surface area contributed by atoms with Crippen molar-refractivity contribution in [2.45, 2.75) is 11.4 Å². The first-order valence-corrected chi connectivity index (χ1v) is 10.1. The van der Waals surface area contributed by atoms with Crippen LogP contribution in [0.4, 0.5) is 0 Å². The molecule has 0 fully saturated rings. The van der Waals surface area contributed by atoms with Gasteiger partial charge in [-0.05, 0) is 30.3 Å². The molecular formula is C18H18ClN3O6S. The molecular weight excluding hydrogens is 422 g/mol. The highest BCUT2D eigenvalue weighted by molar-refractivity contribution is 7.89. The molecule has 0 spiro atoms. The van der Waals surface area contributed by atoms with Gasteiger partial charge < -0.3 is 18.7 Å². The molecule has 0 saturated carbocycles. The van der Waals surface area contributed by atoms with Crippen molar-refractivity contribution >= 4 is 21.6 Å². The molecule has 9 nitrogen and oxygen atoms in total. The molecule has 0 aliphatic heterocycles. The lowest BCUT2D eigenvalue weighted by atomic mass is 10.2. The molecule has 3 rings (SSSR count). The van der Waals surface area contributed by atoms with Crippen LogP contribution in [0, 0.1) is 0 Å². The molecule has 0 unspecified atom stereocenters. The number of halogens is 1. The fourth-order valence-corrected chi connectivity index (χ4v) is 3.80. The maximum Gasteiger partial charge on any atom is 0.242 e. The lowest BCUT2D eigenvalue weighted by Crippen LogP contribution is -2.23. The first-order valence-electron chi connectivity index (χ1n) is 8.26. The van der Waals surface area contributed by atoms with Crippen LogP contribution in [-0.4, -0.2) is 39.9 Å². The minimum Gasteiger partial charge on any atom is -0.497 e. The summed E-state index contributed by atoms with van der Waals surface area (Å²) in [7, 11) is 0.653. The van der Waals surface area contributed by atoms with Crippen molar-refractivity contribution in [3.05, 3.63) is 47.3 Å². The van der Waals surface area contributed by atoms with Gasteiger partial charge in [-0.1, -0.05) is 16.8 Å². The van der Waals surface area contributed by atoms with Crippen LogP contribution in [0.2, 0.25) is 5.02 Å². The van der Waals surface area contributed by atoms with E-state index >= 15 is 0 Å². The summed E-state index contributed by atoms with van der Waals surface area (Å²) in [5.74, 6) is 1.82. The quantitative estimate of drug-likeness (QED) is 0.570. The Morgan fingerprint density at radius 2 is 1.79 bits per heavy atom. The zero-order valence-electron chi connectivity index (χ0n) is 15.8. The standard InChI is InChI=1S/C18H18ClN3O6S/c1-25-11-4-6-13(16(8-11)27-3)18-21-17(28-22-18)10-20-29(23,24)12-5-7-15(26-2)14(19)9-12/h4-9,20H,10H2,1-3H3. The highest BCUT2D eigenvalue weighted by Gasteiger charge is 2.19. The van der Waals surface area contributed by atoms with Crippen molar-refractivity contribution in [3.8, 4) is 28.6 Å². The monoisotopic (exact) mass is 439 g/mol. The van der Waals surface area contributed by atoms with E-state index in [1.54, 1.807) is 25.3 Å². The van der Waals surface area contributed by atoms with E-state index in [2.05, 4.69) is 14.9 Å². The topological polar surface area (TPSA) is 113 Å². The molecule has 0 saturated heterocycles. The molecule has 3 aromatic rings. The normalized spacial score (nSPS) is 11.3. The second-order valence-electron chi connectivity index (χ2n) is 5.70. The van der Waals surface area contributed by atoms with Crippen molar-refractivity contribution in [2.75, 3.05) is 21.3 Å². The van der Waals surface area contributed by atoms with E-state index in [9.17, 15) is 8.42 Å². The lowest BCUT2D eigenvalue weighted by Gasteiger charge is -2.07. The van der Waals surface area contributed by atoms with E-state index in [1.165, 1.54) is 32.4 Å². The summed E-state index contributed by atoms with van der Waals surface area (Å²) in [4.78, 5) is 4.20. The summed E-state index contributed by atoms with van der Waals surface area (Å²) >= 11 is 6.00. The Hall–Kier alpha value is -2.82. The van der Waals surface area contributed by atoms with E-state index in [0.29, 0.717) is 22.8 Å². The molecule has 0 amide bonds. The van der Waals surface area contributed by atoms with Crippen LogP contribution in [0.15, 0.2) is 45.8 Å². The van der Waals surface area contributed by atoms with Gasteiger partial charge >= 0.3 is 0 Å². The van der Waals surface area contributed by atoms with Crippen LogP contribution in [-0.2, 0) is 16.6 Å². The first-order chi connectivity index (χ1) is 13.9. The van der Waals surface area contributed by atoms with Gasteiger partial charge in [0.05, 0.1) is 43.4 Å². The van der Waals surface area contributed by atoms with Crippen molar-refractivity contribution < 1.29 is 27.2 Å². The van der Waals surface area contributed by atoms with Gasteiger partial charge in [0, 0.05) is 6.07 Å². The average molecular weight is 440 g/mol. The summed E-state index contributed by atoms with van der Waals surface area (Å²) < 4.78 is 48.0. The third-order valence-electron chi connectivity index (χ3n) is 3.96. The Kier molecular flexibility index (Phi) is 6.26. The Morgan fingerprint density at radius 3 is 2.45 bits per heavy atom. The molecule has 29 heavy (non-hydrogen) atoms. The molecule has 0 aliphatic rings. The Bertz CT molecular complexity index is 1120. The number of hydrogen-bond acceptors (Lipinski definition) is 8. The molecule has 154 valence electrons. The molecule has 0 aliphatic carbocycles. The Morgan fingerprint density at radius 1 is 1.03 bits per heavy atom. The highest BCUT2D eigenvalue weighted by atomic mass is 35.5. The summed E-state index contributed by atoms with van der Waals surface area (Å²) in [6.45, 7) is -0.197. The number of ether oxygens (including phenoxy) is 3. The van der Waals surface area contributed by atoms with Crippen LogP contribution in [0.25, 0.3) is 11.4 Å².